The second-order valence-electron chi connectivity index (χ2n) is 6.46. The zero-order chi connectivity index (χ0) is 21.0. The van der Waals surface area contributed by atoms with E-state index in [1.165, 1.54) is 6.07 Å². The molecule has 0 bridgehead atoms. The molecule has 2 heterocycles. The Balaban J connectivity index is 1.64. The van der Waals surface area contributed by atoms with Crippen molar-refractivity contribution in [3.8, 4) is 11.5 Å². The number of hydrogen-bond acceptors (Lipinski definition) is 9. The highest BCUT2D eigenvalue weighted by Gasteiger charge is 2.45. The molecular weight excluding hydrogens is 402 g/mol. The van der Waals surface area contributed by atoms with E-state index in [1.54, 1.807) is 24.6 Å². The summed E-state index contributed by atoms with van der Waals surface area (Å²) < 4.78 is 16.0. The van der Waals surface area contributed by atoms with E-state index in [4.69, 9.17) is 14.2 Å². The summed E-state index contributed by atoms with van der Waals surface area (Å²) >= 11 is 1.14. The van der Waals surface area contributed by atoms with E-state index in [-0.39, 0.29) is 16.5 Å². The summed E-state index contributed by atoms with van der Waals surface area (Å²) in [6.45, 7) is -0.274. The van der Waals surface area contributed by atoms with Gasteiger partial charge in [0.15, 0.2) is 0 Å². The van der Waals surface area contributed by atoms with E-state index in [0.717, 1.165) is 16.9 Å². The van der Waals surface area contributed by atoms with Gasteiger partial charge in [0, 0.05) is 6.54 Å². The smallest absolute Gasteiger partial charge is 0.265 e. The minimum Gasteiger partial charge on any atom is -0.497 e. The molecule has 5 N–H and O–H groups in total. The molecule has 1 aromatic heterocycles. The lowest BCUT2D eigenvalue weighted by molar-refractivity contribution is -0.277. The van der Waals surface area contributed by atoms with E-state index >= 15 is 0 Å². The normalized spacial score (nSPS) is 26.7. The van der Waals surface area contributed by atoms with Crippen LogP contribution in [-0.2, 0) is 11.3 Å². The molecule has 1 amide bonds. The van der Waals surface area contributed by atoms with Crippen molar-refractivity contribution in [2.75, 3.05) is 13.7 Å². The van der Waals surface area contributed by atoms with E-state index in [9.17, 15) is 25.2 Å². The van der Waals surface area contributed by atoms with Crippen LogP contribution >= 0.6 is 11.3 Å². The molecule has 0 radical (unpaired) electrons. The molecule has 0 saturated carbocycles. The Bertz CT molecular complexity index is 809. The number of carbonyl (C=O) groups is 1. The fraction of sp³-hybridized carbons (Fsp3) is 0.421. The number of rotatable bonds is 7. The van der Waals surface area contributed by atoms with Crippen LogP contribution in [-0.4, -0.2) is 70.8 Å². The summed E-state index contributed by atoms with van der Waals surface area (Å²) in [4.78, 5) is 12.8. The van der Waals surface area contributed by atoms with Crippen molar-refractivity contribution in [2.45, 2.75) is 37.3 Å². The maximum atomic E-state index is 12.5. The van der Waals surface area contributed by atoms with Crippen LogP contribution in [0.5, 0.6) is 11.5 Å². The largest absolute Gasteiger partial charge is 0.497 e. The highest BCUT2D eigenvalue weighted by Crippen LogP contribution is 2.29. The third kappa shape index (κ3) is 4.86. The molecule has 3 rings (SSSR count). The summed E-state index contributed by atoms with van der Waals surface area (Å²) in [5, 5.41) is 43.5. The number of amides is 1. The first-order valence-corrected chi connectivity index (χ1v) is 9.78. The molecule has 9 nitrogen and oxygen atoms in total. The molecule has 2 aromatic rings. The van der Waals surface area contributed by atoms with Crippen molar-refractivity contribution in [1.82, 2.24) is 5.32 Å². The van der Waals surface area contributed by atoms with Gasteiger partial charge in [0.2, 0.25) is 6.29 Å². The maximum absolute atomic E-state index is 12.5. The second kappa shape index (κ2) is 9.53. The summed E-state index contributed by atoms with van der Waals surface area (Å²) in [5.74, 6) is 0.496. The number of carbonyl (C=O) groups excluding carboxylic acids is 1. The number of aliphatic hydroxyl groups excluding tert-OH is 4. The van der Waals surface area contributed by atoms with Crippen LogP contribution in [0, 0.1) is 0 Å². The number of methoxy groups -OCH3 is 1. The quantitative estimate of drug-likeness (QED) is 0.414. The van der Waals surface area contributed by atoms with Gasteiger partial charge in [-0.05, 0) is 29.1 Å². The van der Waals surface area contributed by atoms with Crippen molar-refractivity contribution < 1.29 is 39.4 Å². The van der Waals surface area contributed by atoms with E-state index in [1.807, 2.05) is 12.1 Å². The molecular formula is C19H23NO8S. The van der Waals surface area contributed by atoms with E-state index in [2.05, 4.69) is 5.32 Å². The van der Waals surface area contributed by atoms with Crippen molar-refractivity contribution in [2.24, 2.45) is 0 Å². The summed E-state index contributed by atoms with van der Waals surface area (Å²) in [5.41, 5.74) is 0.882. The minimum atomic E-state index is -1.56. The first kappa shape index (κ1) is 21.5. The summed E-state index contributed by atoms with van der Waals surface area (Å²) in [6.07, 6.45) is -7.04. The standard InChI is InChI=1S/C19H23NO8S/c1-26-11-4-2-10(3-5-11)8-20-18(25)17-12(6-7-29-17)27-19-16(24)15(23)14(22)13(9-21)28-19/h2-7,13-16,19,21-24H,8-9H2,1H3,(H,20,25). The number of benzene rings is 1. The first-order valence-electron chi connectivity index (χ1n) is 8.90. The predicted octanol–water partition coefficient (Wildman–Crippen LogP) is -0.135. The summed E-state index contributed by atoms with van der Waals surface area (Å²) in [7, 11) is 1.57. The van der Waals surface area contributed by atoms with Crippen LogP contribution in [0.1, 0.15) is 15.2 Å². The fourth-order valence-electron chi connectivity index (χ4n) is 2.85. The van der Waals surface area contributed by atoms with Gasteiger partial charge in [-0.1, -0.05) is 12.1 Å². The minimum absolute atomic E-state index is 0.159. The van der Waals surface area contributed by atoms with Crippen molar-refractivity contribution in [3.63, 3.8) is 0 Å². The number of nitrogens with one attached hydrogen (secondary N) is 1. The molecule has 1 saturated heterocycles. The van der Waals surface area contributed by atoms with Gasteiger partial charge in [0.05, 0.1) is 13.7 Å². The molecule has 5 unspecified atom stereocenters. The number of thiophene rings is 1. The predicted molar refractivity (Wildman–Crippen MR) is 103 cm³/mol. The maximum Gasteiger partial charge on any atom is 0.265 e. The highest BCUT2D eigenvalue weighted by atomic mass is 32.1. The molecule has 10 heteroatoms. The number of hydrogen-bond donors (Lipinski definition) is 5. The van der Waals surface area contributed by atoms with Crippen LogP contribution in [0.25, 0.3) is 0 Å². The number of aliphatic hydroxyl groups is 4. The molecule has 0 aliphatic carbocycles. The lowest BCUT2D eigenvalue weighted by Crippen LogP contribution is -2.60. The van der Waals surface area contributed by atoms with Gasteiger partial charge in [-0.3, -0.25) is 4.79 Å². The lowest BCUT2D eigenvalue weighted by Gasteiger charge is -2.39. The van der Waals surface area contributed by atoms with Crippen LogP contribution < -0.4 is 14.8 Å². The van der Waals surface area contributed by atoms with Crippen LogP contribution in [0.4, 0.5) is 0 Å². The lowest BCUT2D eigenvalue weighted by atomic mass is 9.99. The Morgan fingerprint density at radius 2 is 1.86 bits per heavy atom. The summed E-state index contributed by atoms with van der Waals surface area (Å²) in [6, 6.07) is 8.78. The average Bonchev–Trinajstić information content (AvgIpc) is 3.21. The van der Waals surface area contributed by atoms with Crippen LogP contribution in [0.2, 0.25) is 0 Å². The van der Waals surface area contributed by atoms with Crippen molar-refractivity contribution in [1.29, 1.82) is 0 Å². The molecule has 5 atom stereocenters. The molecule has 0 spiro atoms. The highest BCUT2D eigenvalue weighted by molar-refractivity contribution is 7.12. The van der Waals surface area contributed by atoms with Crippen molar-refractivity contribution in [3.05, 3.63) is 46.2 Å². The SMILES string of the molecule is COc1ccc(CNC(=O)c2sccc2OC2OC(CO)C(O)C(O)C2O)cc1. The third-order valence-electron chi connectivity index (χ3n) is 4.54. The Morgan fingerprint density at radius 1 is 1.14 bits per heavy atom. The molecule has 1 aliphatic rings. The van der Waals surface area contributed by atoms with Gasteiger partial charge in [0.25, 0.3) is 5.91 Å². The molecule has 1 aromatic carbocycles. The zero-order valence-corrected chi connectivity index (χ0v) is 16.4. The van der Waals surface area contributed by atoms with Crippen LogP contribution in [0.15, 0.2) is 35.7 Å². The Kier molecular flexibility index (Phi) is 7.06. The van der Waals surface area contributed by atoms with Gasteiger partial charge in [-0.15, -0.1) is 11.3 Å². The Labute approximate surface area is 171 Å². The van der Waals surface area contributed by atoms with E-state index in [0.29, 0.717) is 12.3 Å². The number of ether oxygens (including phenoxy) is 3. The van der Waals surface area contributed by atoms with Crippen LogP contribution in [0.3, 0.4) is 0 Å². The van der Waals surface area contributed by atoms with Gasteiger partial charge < -0.3 is 40.0 Å². The average molecular weight is 425 g/mol. The zero-order valence-electron chi connectivity index (χ0n) is 15.6. The molecule has 1 aliphatic heterocycles. The third-order valence-corrected chi connectivity index (χ3v) is 5.43. The second-order valence-corrected chi connectivity index (χ2v) is 7.38. The monoisotopic (exact) mass is 425 g/mol. The molecule has 158 valence electrons. The van der Waals surface area contributed by atoms with Gasteiger partial charge in [-0.25, -0.2) is 0 Å². The van der Waals surface area contributed by atoms with Gasteiger partial charge >= 0.3 is 0 Å². The first-order chi connectivity index (χ1) is 13.9. The Morgan fingerprint density at radius 3 is 2.52 bits per heavy atom. The van der Waals surface area contributed by atoms with E-state index < -0.39 is 37.3 Å². The van der Waals surface area contributed by atoms with Crippen molar-refractivity contribution >= 4 is 17.2 Å². The Hall–Kier alpha value is -2.21. The fourth-order valence-corrected chi connectivity index (χ4v) is 3.59. The van der Waals surface area contributed by atoms with Gasteiger partial charge in [0.1, 0.15) is 40.8 Å². The van der Waals surface area contributed by atoms with Gasteiger partial charge in [-0.2, -0.15) is 0 Å². The molecule has 1 fully saturated rings. The topological polar surface area (TPSA) is 138 Å². The molecule has 29 heavy (non-hydrogen) atoms.